The Morgan fingerprint density at radius 3 is 2.32 bits per heavy atom. The molecule has 0 unspecified atom stereocenters. The van der Waals surface area contributed by atoms with Crippen molar-refractivity contribution in [3.05, 3.63) is 18.1 Å². The maximum Gasteiger partial charge on any atom is 0.194 e. The molecule has 1 N–H and O–H groups in total. The number of piperidine rings is 1. The second-order valence-electron chi connectivity index (χ2n) is 7.05. The molecule has 1 saturated carbocycles. The first-order valence-corrected chi connectivity index (χ1v) is 10.8. The highest BCUT2D eigenvalue weighted by atomic mass is 35.5. The number of rotatable bonds is 5. The van der Waals surface area contributed by atoms with E-state index in [2.05, 4.69) is 15.3 Å². The van der Waals surface area contributed by atoms with E-state index >= 15 is 0 Å². The molecule has 6 nitrogen and oxygen atoms in total. The zero-order valence-corrected chi connectivity index (χ0v) is 16.3. The van der Waals surface area contributed by atoms with Crippen LogP contribution < -0.4 is 5.32 Å². The van der Waals surface area contributed by atoms with Crippen molar-refractivity contribution >= 4 is 22.2 Å². The van der Waals surface area contributed by atoms with Gasteiger partial charge >= 0.3 is 0 Å². The van der Waals surface area contributed by atoms with Crippen molar-refractivity contribution in [2.75, 3.05) is 26.0 Å². The molecule has 0 amide bonds. The van der Waals surface area contributed by atoms with Crippen LogP contribution in [0.15, 0.2) is 17.4 Å². The van der Waals surface area contributed by atoms with Crippen molar-refractivity contribution in [2.24, 2.45) is 5.92 Å². The van der Waals surface area contributed by atoms with Gasteiger partial charge in [0.05, 0.1) is 24.2 Å². The average molecular weight is 390 g/mol. The minimum Gasteiger partial charge on any atom is -0.378 e. The van der Waals surface area contributed by atoms with E-state index in [1.165, 1.54) is 19.0 Å². The van der Waals surface area contributed by atoms with Crippen molar-refractivity contribution in [2.45, 2.75) is 55.6 Å². The molecular weight excluding hydrogens is 362 g/mol. The number of ether oxygens (including phenoxy) is 1. The Bertz CT molecular complexity index is 625. The van der Waals surface area contributed by atoms with Crippen LogP contribution in [0.4, 0.5) is 0 Å². The standard InChI is InChI=1S/C17H27N3O3S.ClH/c1-24(21,22)17-11-19-16(10-20-17)14-2-4-15(5-3-14)23-12-13-6-8-18-9-7-13;/h10-11,13-15,18H,2-9,12H2,1H3;1H/t14-,15-;. The number of nitrogens with zero attached hydrogens (tertiary/aromatic N) is 2. The maximum atomic E-state index is 11.4. The summed E-state index contributed by atoms with van der Waals surface area (Å²) >= 11 is 0. The van der Waals surface area contributed by atoms with Gasteiger partial charge in [-0.3, -0.25) is 4.98 Å². The Hall–Kier alpha value is -0.760. The predicted octanol–water partition coefficient (Wildman–Crippen LogP) is 2.34. The number of aromatic nitrogens is 2. The van der Waals surface area contributed by atoms with Crippen molar-refractivity contribution in [1.29, 1.82) is 0 Å². The molecule has 1 aromatic rings. The van der Waals surface area contributed by atoms with Gasteiger partial charge in [0.25, 0.3) is 0 Å². The van der Waals surface area contributed by atoms with Gasteiger partial charge in [0.2, 0.25) is 0 Å². The summed E-state index contributed by atoms with van der Waals surface area (Å²) in [7, 11) is -3.28. The first-order chi connectivity index (χ1) is 11.5. The predicted molar refractivity (Wildman–Crippen MR) is 98.9 cm³/mol. The van der Waals surface area contributed by atoms with Crippen LogP contribution in [-0.4, -0.2) is 50.4 Å². The topological polar surface area (TPSA) is 81.2 Å². The molecule has 2 fully saturated rings. The highest BCUT2D eigenvalue weighted by molar-refractivity contribution is 7.90. The van der Waals surface area contributed by atoms with Crippen LogP contribution in [0.2, 0.25) is 0 Å². The molecule has 0 atom stereocenters. The van der Waals surface area contributed by atoms with E-state index in [0.29, 0.717) is 17.9 Å². The van der Waals surface area contributed by atoms with E-state index < -0.39 is 9.84 Å². The molecule has 25 heavy (non-hydrogen) atoms. The van der Waals surface area contributed by atoms with Crippen molar-refractivity contribution < 1.29 is 13.2 Å². The van der Waals surface area contributed by atoms with Crippen LogP contribution in [0.3, 0.4) is 0 Å². The summed E-state index contributed by atoms with van der Waals surface area (Å²) in [5.41, 5.74) is 0.902. The van der Waals surface area contributed by atoms with Gasteiger partial charge in [-0.25, -0.2) is 13.4 Å². The van der Waals surface area contributed by atoms with Crippen molar-refractivity contribution in [3.8, 4) is 0 Å². The van der Waals surface area contributed by atoms with Gasteiger partial charge in [-0.2, -0.15) is 0 Å². The Balaban J connectivity index is 0.00000225. The lowest BCUT2D eigenvalue weighted by Gasteiger charge is -2.30. The van der Waals surface area contributed by atoms with E-state index in [1.54, 1.807) is 6.20 Å². The second-order valence-corrected chi connectivity index (χ2v) is 9.01. The van der Waals surface area contributed by atoms with Crippen LogP contribution in [-0.2, 0) is 14.6 Å². The lowest BCUT2D eigenvalue weighted by atomic mass is 9.85. The third-order valence-corrected chi connectivity index (χ3v) is 6.12. The van der Waals surface area contributed by atoms with Crippen LogP contribution in [0.1, 0.15) is 50.1 Å². The fraction of sp³-hybridized carbons (Fsp3) is 0.765. The highest BCUT2D eigenvalue weighted by Gasteiger charge is 2.25. The minimum absolute atomic E-state index is 0. The maximum absolute atomic E-state index is 11.4. The molecule has 0 radical (unpaired) electrons. The Morgan fingerprint density at radius 2 is 1.76 bits per heavy atom. The first-order valence-electron chi connectivity index (χ1n) is 8.86. The molecule has 3 rings (SSSR count). The third-order valence-electron chi connectivity index (χ3n) is 5.15. The van der Waals surface area contributed by atoms with Crippen LogP contribution >= 0.6 is 12.4 Å². The van der Waals surface area contributed by atoms with Crippen LogP contribution in [0.25, 0.3) is 0 Å². The lowest BCUT2D eigenvalue weighted by Crippen LogP contribution is -2.31. The largest absolute Gasteiger partial charge is 0.378 e. The summed E-state index contributed by atoms with van der Waals surface area (Å²) in [6.07, 6.45) is 11.1. The number of sulfone groups is 1. The third kappa shape index (κ3) is 5.88. The lowest BCUT2D eigenvalue weighted by molar-refractivity contribution is -0.000672. The molecular formula is C17H28ClN3O3S. The molecule has 8 heteroatoms. The van der Waals surface area contributed by atoms with Gasteiger partial charge in [0.1, 0.15) is 0 Å². The molecule has 142 valence electrons. The molecule has 0 aromatic carbocycles. The fourth-order valence-electron chi connectivity index (χ4n) is 3.57. The summed E-state index contributed by atoms with van der Waals surface area (Å²) in [5.74, 6) is 1.07. The van der Waals surface area contributed by atoms with E-state index in [0.717, 1.165) is 57.3 Å². The van der Waals surface area contributed by atoms with Crippen LogP contribution in [0.5, 0.6) is 0 Å². The zero-order chi connectivity index (χ0) is 17.0. The van der Waals surface area contributed by atoms with Crippen molar-refractivity contribution in [1.82, 2.24) is 15.3 Å². The summed E-state index contributed by atoms with van der Waals surface area (Å²) < 4.78 is 29.0. The van der Waals surface area contributed by atoms with Gasteiger partial charge < -0.3 is 10.1 Å². The molecule has 1 aromatic heterocycles. The quantitative estimate of drug-likeness (QED) is 0.832. The summed E-state index contributed by atoms with van der Waals surface area (Å²) in [5, 5.41) is 3.43. The average Bonchev–Trinajstić information content (AvgIpc) is 2.61. The molecule has 2 aliphatic rings. The van der Waals surface area contributed by atoms with Gasteiger partial charge in [-0.1, -0.05) is 0 Å². The molecule has 1 aliphatic carbocycles. The molecule has 1 aliphatic heterocycles. The minimum atomic E-state index is -3.28. The SMILES string of the molecule is CS(=O)(=O)c1cnc([C@H]2CC[C@H](OCC3CCNCC3)CC2)cn1.Cl. The number of halogens is 1. The van der Waals surface area contributed by atoms with Gasteiger partial charge in [-0.15, -0.1) is 12.4 Å². The van der Waals surface area contributed by atoms with Gasteiger partial charge in [-0.05, 0) is 57.5 Å². The first kappa shape index (κ1) is 20.6. The van der Waals surface area contributed by atoms with E-state index in [4.69, 9.17) is 4.74 Å². The molecule has 2 heterocycles. The van der Waals surface area contributed by atoms with Gasteiger partial charge in [0.15, 0.2) is 14.9 Å². The zero-order valence-electron chi connectivity index (χ0n) is 14.7. The van der Waals surface area contributed by atoms with Gasteiger partial charge in [0, 0.05) is 18.8 Å². The molecule has 0 bridgehead atoms. The van der Waals surface area contributed by atoms with E-state index in [-0.39, 0.29) is 17.4 Å². The monoisotopic (exact) mass is 389 g/mol. The second kappa shape index (κ2) is 9.26. The van der Waals surface area contributed by atoms with E-state index in [1.807, 2.05) is 0 Å². The Kier molecular flexibility index (Phi) is 7.61. The number of hydrogen-bond donors (Lipinski definition) is 1. The van der Waals surface area contributed by atoms with E-state index in [9.17, 15) is 8.42 Å². The normalized spacial score (nSPS) is 25.3. The molecule has 0 spiro atoms. The number of hydrogen-bond acceptors (Lipinski definition) is 6. The Labute approximate surface area is 156 Å². The summed E-state index contributed by atoms with van der Waals surface area (Å²) in [6, 6.07) is 0. The summed E-state index contributed by atoms with van der Waals surface area (Å²) in [4.78, 5) is 8.38. The smallest absolute Gasteiger partial charge is 0.194 e. The molecule has 1 saturated heterocycles. The highest BCUT2D eigenvalue weighted by Crippen LogP contribution is 2.33. The summed E-state index contributed by atoms with van der Waals surface area (Å²) in [6.45, 7) is 3.12. The number of nitrogens with one attached hydrogen (secondary N) is 1. The van der Waals surface area contributed by atoms with Crippen LogP contribution in [0, 0.1) is 5.92 Å². The fourth-order valence-corrected chi connectivity index (χ4v) is 4.06. The van der Waals surface area contributed by atoms with Crippen molar-refractivity contribution in [3.63, 3.8) is 0 Å². The Morgan fingerprint density at radius 1 is 1.08 bits per heavy atom.